The smallest absolute Gasteiger partial charge is 0.325 e. The van der Waals surface area contributed by atoms with Gasteiger partial charge >= 0.3 is 5.97 Å². The van der Waals surface area contributed by atoms with Crippen molar-refractivity contribution in [2.45, 2.75) is 96.4 Å². The number of amides is 2. The minimum absolute atomic E-state index is 0.0630. The van der Waals surface area contributed by atoms with E-state index in [0.29, 0.717) is 11.4 Å². The number of hydrogen-bond donors (Lipinski definition) is 3. The summed E-state index contributed by atoms with van der Waals surface area (Å²) < 4.78 is 25.5. The maximum atomic E-state index is 15.4. The van der Waals surface area contributed by atoms with Gasteiger partial charge in [-0.2, -0.15) is 0 Å². The first-order chi connectivity index (χ1) is 19.7. The monoisotopic (exact) mass is 578 g/mol. The molecule has 1 aromatic carbocycles. The number of hydrogen-bond acceptors (Lipinski definition) is 9. The van der Waals surface area contributed by atoms with E-state index in [1.54, 1.807) is 24.8 Å². The highest BCUT2D eigenvalue weighted by molar-refractivity contribution is 6.04. The van der Waals surface area contributed by atoms with Crippen LogP contribution in [0.4, 0.5) is 15.8 Å². The zero-order valence-electron chi connectivity index (χ0n) is 24.0. The number of carbonyl (C=O) groups is 3. The number of ether oxygens (including phenoxy) is 2. The summed E-state index contributed by atoms with van der Waals surface area (Å²) >= 11 is 0. The summed E-state index contributed by atoms with van der Waals surface area (Å²) in [4.78, 5) is 43.0. The first-order valence-corrected chi connectivity index (χ1v) is 14.8. The molecular weight excluding hydrogens is 535 g/mol. The predicted molar refractivity (Wildman–Crippen MR) is 150 cm³/mol. The van der Waals surface area contributed by atoms with E-state index in [4.69, 9.17) is 9.47 Å². The molecule has 0 aromatic heterocycles. The first kappa shape index (κ1) is 31.0. The Bertz CT molecular complexity index is 1080. The third-order valence-corrected chi connectivity index (χ3v) is 8.08. The van der Waals surface area contributed by atoms with Crippen molar-refractivity contribution in [1.29, 1.82) is 0 Å². The molecule has 2 fully saturated rings. The summed E-state index contributed by atoms with van der Waals surface area (Å²) in [5.74, 6) is -2.65. The molecule has 0 radical (unpaired) electrons. The van der Waals surface area contributed by atoms with Crippen molar-refractivity contribution in [3.8, 4) is 0 Å². The molecule has 0 spiro atoms. The third kappa shape index (κ3) is 7.47. The van der Waals surface area contributed by atoms with Crippen molar-refractivity contribution >= 4 is 29.2 Å². The molecule has 41 heavy (non-hydrogen) atoms. The Hall–Kier alpha value is -2.96. The van der Waals surface area contributed by atoms with Crippen LogP contribution < -0.4 is 10.2 Å². The van der Waals surface area contributed by atoms with Crippen LogP contribution in [0.1, 0.15) is 82.0 Å². The SMILES string of the molecule is CCOC(=O)CN(CC(O)OCC)C(=O)CN1C(=O)c2cc(F)c(NC3CCCCC3)cc2N(C2CCCC2)C1O. The second-order valence-electron chi connectivity index (χ2n) is 10.9. The maximum Gasteiger partial charge on any atom is 0.325 e. The van der Waals surface area contributed by atoms with Crippen LogP contribution in [0.5, 0.6) is 0 Å². The highest BCUT2D eigenvalue weighted by atomic mass is 19.1. The minimum Gasteiger partial charge on any atom is -0.465 e. The Balaban J connectivity index is 1.61. The molecular formula is C29H43FN4O7. The average Bonchev–Trinajstić information content (AvgIpc) is 3.47. The van der Waals surface area contributed by atoms with Gasteiger partial charge < -0.3 is 34.8 Å². The van der Waals surface area contributed by atoms with Gasteiger partial charge in [-0.1, -0.05) is 32.1 Å². The maximum absolute atomic E-state index is 15.4. The van der Waals surface area contributed by atoms with Gasteiger partial charge in [0, 0.05) is 18.7 Å². The summed E-state index contributed by atoms with van der Waals surface area (Å²) in [5, 5.41) is 25.0. The molecule has 11 nitrogen and oxygen atoms in total. The van der Waals surface area contributed by atoms with Gasteiger partial charge in [0.2, 0.25) is 12.3 Å². The van der Waals surface area contributed by atoms with Crippen LogP contribution in [0.3, 0.4) is 0 Å². The lowest BCUT2D eigenvalue weighted by Crippen LogP contribution is -2.60. The Morgan fingerprint density at radius 2 is 1.78 bits per heavy atom. The molecule has 3 aliphatic rings. The van der Waals surface area contributed by atoms with Crippen LogP contribution in [0, 0.1) is 5.82 Å². The zero-order valence-corrected chi connectivity index (χ0v) is 24.0. The number of aliphatic hydroxyl groups is 2. The number of nitrogens with one attached hydrogen (secondary N) is 1. The minimum atomic E-state index is -1.48. The lowest BCUT2D eigenvalue weighted by Gasteiger charge is -2.45. The molecule has 12 heteroatoms. The van der Waals surface area contributed by atoms with E-state index in [2.05, 4.69) is 5.32 Å². The summed E-state index contributed by atoms with van der Waals surface area (Å²) in [6.45, 7) is 2.20. The number of nitrogens with zero attached hydrogens (tertiary/aromatic N) is 3. The molecule has 2 saturated carbocycles. The van der Waals surface area contributed by atoms with Crippen molar-refractivity contribution in [1.82, 2.24) is 9.80 Å². The highest BCUT2D eigenvalue weighted by Gasteiger charge is 2.42. The molecule has 0 bridgehead atoms. The van der Waals surface area contributed by atoms with Crippen LogP contribution >= 0.6 is 0 Å². The van der Waals surface area contributed by atoms with Crippen molar-refractivity contribution in [3.05, 3.63) is 23.5 Å². The van der Waals surface area contributed by atoms with E-state index in [9.17, 15) is 24.6 Å². The van der Waals surface area contributed by atoms with Crippen LogP contribution in [0.25, 0.3) is 0 Å². The van der Waals surface area contributed by atoms with Gasteiger partial charge in [-0.25, -0.2) is 4.39 Å². The Kier molecular flexibility index (Phi) is 10.8. The molecule has 4 rings (SSSR count). The second kappa shape index (κ2) is 14.3. The van der Waals surface area contributed by atoms with Crippen molar-refractivity contribution < 1.29 is 38.5 Å². The van der Waals surface area contributed by atoms with Crippen LogP contribution in [0.2, 0.25) is 0 Å². The Morgan fingerprint density at radius 1 is 1.10 bits per heavy atom. The van der Waals surface area contributed by atoms with Gasteiger partial charge in [-0.15, -0.1) is 0 Å². The van der Waals surface area contributed by atoms with Crippen molar-refractivity contribution in [3.63, 3.8) is 0 Å². The van der Waals surface area contributed by atoms with E-state index in [1.165, 1.54) is 6.07 Å². The van der Waals surface area contributed by atoms with Crippen LogP contribution in [-0.4, -0.2) is 95.4 Å². The highest BCUT2D eigenvalue weighted by Crippen LogP contribution is 2.39. The Morgan fingerprint density at radius 3 is 2.44 bits per heavy atom. The molecule has 3 N–H and O–H groups in total. The molecule has 2 atom stereocenters. The quantitative estimate of drug-likeness (QED) is 0.253. The number of esters is 1. The number of fused-ring (bicyclic) bond motifs is 1. The van der Waals surface area contributed by atoms with E-state index in [0.717, 1.165) is 67.6 Å². The van der Waals surface area contributed by atoms with Gasteiger partial charge in [0.05, 0.1) is 30.1 Å². The summed E-state index contributed by atoms with van der Waals surface area (Å²) in [5.41, 5.74) is 0.801. The van der Waals surface area contributed by atoms with E-state index < -0.39 is 49.3 Å². The second-order valence-corrected chi connectivity index (χ2v) is 10.9. The van der Waals surface area contributed by atoms with Gasteiger partial charge in [0.1, 0.15) is 18.9 Å². The normalized spacial score (nSPS) is 20.6. The fraction of sp³-hybridized carbons (Fsp3) is 0.690. The number of benzene rings is 1. The van der Waals surface area contributed by atoms with Crippen molar-refractivity contribution in [2.75, 3.05) is 43.1 Å². The van der Waals surface area contributed by atoms with E-state index in [1.807, 2.05) is 0 Å². The standard InChI is InChI=1S/C29H43FN4O7/c1-3-40-26(36)17-32(18-27(37)41-4-2)25(35)16-33-28(38)21-14-22(30)23(31-19-10-6-5-7-11-19)15-24(21)34(29(33)39)20-12-8-9-13-20/h14-15,19-20,26,29,31,36,39H,3-13,16-18H2,1-2H3. The number of anilines is 2. The fourth-order valence-corrected chi connectivity index (χ4v) is 6.08. The number of rotatable bonds is 12. The number of carbonyl (C=O) groups excluding carboxylic acids is 3. The fourth-order valence-electron chi connectivity index (χ4n) is 6.08. The topological polar surface area (TPSA) is 132 Å². The predicted octanol–water partition coefficient (Wildman–Crippen LogP) is 2.80. The van der Waals surface area contributed by atoms with E-state index in [-0.39, 0.29) is 37.4 Å². The van der Waals surface area contributed by atoms with Crippen LogP contribution in [0.15, 0.2) is 12.1 Å². The Labute approximate surface area is 240 Å². The molecule has 2 amide bonds. The van der Waals surface area contributed by atoms with Crippen molar-refractivity contribution in [2.24, 2.45) is 0 Å². The zero-order chi connectivity index (χ0) is 29.5. The largest absolute Gasteiger partial charge is 0.465 e. The first-order valence-electron chi connectivity index (χ1n) is 14.8. The molecule has 1 aliphatic heterocycles. The summed E-state index contributed by atoms with van der Waals surface area (Å²) in [7, 11) is 0. The lowest BCUT2D eigenvalue weighted by molar-refractivity contribution is -0.156. The van der Waals surface area contributed by atoms with Gasteiger partial charge in [-0.3, -0.25) is 19.3 Å². The van der Waals surface area contributed by atoms with E-state index >= 15 is 4.39 Å². The lowest BCUT2D eigenvalue weighted by atomic mass is 9.95. The third-order valence-electron chi connectivity index (χ3n) is 8.08. The number of halogens is 1. The number of aliphatic hydroxyl groups excluding tert-OH is 2. The molecule has 0 saturated heterocycles. The molecule has 1 aromatic rings. The van der Waals surface area contributed by atoms with Gasteiger partial charge in [0.25, 0.3) is 5.91 Å². The van der Waals surface area contributed by atoms with Crippen LogP contribution in [-0.2, 0) is 19.1 Å². The average molecular weight is 579 g/mol. The molecule has 2 unspecified atom stereocenters. The summed E-state index contributed by atoms with van der Waals surface area (Å²) in [6, 6.07) is 2.84. The molecule has 2 aliphatic carbocycles. The van der Waals surface area contributed by atoms with Gasteiger partial charge in [0.15, 0.2) is 6.29 Å². The molecule has 228 valence electrons. The van der Waals surface area contributed by atoms with Gasteiger partial charge in [-0.05, 0) is 51.7 Å². The summed E-state index contributed by atoms with van der Waals surface area (Å²) in [6.07, 6.45) is 5.84. The molecule has 1 heterocycles.